The summed E-state index contributed by atoms with van der Waals surface area (Å²) in [4.78, 5) is 2.18. The molecule has 0 saturated carbocycles. The summed E-state index contributed by atoms with van der Waals surface area (Å²) in [6, 6.07) is 6.00. The average molecular weight is 241 g/mol. The van der Waals surface area contributed by atoms with Crippen molar-refractivity contribution in [1.29, 1.82) is 0 Å². The van der Waals surface area contributed by atoms with E-state index < -0.39 is 0 Å². The summed E-state index contributed by atoms with van der Waals surface area (Å²) < 4.78 is 5.56. The van der Waals surface area contributed by atoms with Crippen LogP contribution in [0.2, 0.25) is 5.02 Å². The van der Waals surface area contributed by atoms with Crippen molar-refractivity contribution >= 4 is 23.0 Å². The van der Waals surface area contributed by atoms with Gasteiger partial charge in [-0.15, -0.1) is 0 Å². The Morgan fingerprint density at radius 2 is 2.25 bits per heavy atom. The molecule has 0 radical (unpaired) electrons. The van der Waals surface area contributed by atoms with Crippen LogP contribution in [0.3, 0.4) is 0 Å². The largest absolute Gasteiger partial charge is 0.397 e. The fraction of sp³-hybridized carbons (Fsp3) is 0.500. The number of likely N-dealkylation sites (N-methyl/N-ethyl adjacent to an activating group) is 1. The molecule has 1 aliphatic heterocycles. The third-order valence-electron chi connectivity index (χ3n) is 3.20. The maximum absolute atomic E-state index is 5.97. The molecule has 0 amide bonds. The predicted octanol–water partition coefficient (Wildman–Crippen LogP) is 2.54. The first kappa shape index (κ1) is 11.6. The topological polar surface area (TPSA) is 38.5 Å². The van der Waals surface area contributed by atoms with Gasteiger partial charge in [0.05, 0.1) is 23.5 Å². The average Bonchev–Trinajstić information content (AvgIpc) is 2.63. The molecule has 0 aromatic heterocycles. The van der Waals surface area contributed by atoms with Crippen LogP contribution in [-0.4, -0.2) is 25.8 Å². The summed E-state index contributed by atoms with van der Waals surface area (Å²) in [5, 5.41) is 0.672. The lowest BCUT2D eigenvalue weighted by Crippen LogP contribution is -2.37. The SMILES string of the molecule is CC1OCCC1N(C)c1ccc(Cl)cc1N. The van der Waals surface area contributed by atoms with Crippen molar-refractivity contribution in [2.24, 2.45) is 0 Å². The smallest absolute Gasteiger partial charge is 0.0750 e. The zero-order valence-corrected chi connectivity index (χ0v) is 10.4. The molecular formula is C12H17ClN2O. The van der Waals surface area contributed by atoms with E-state index in [4.69, 9.17) is 22.1 Å². The molecule has 3 nitrogen and oxygen atoms in total. The summed E-state index contributed by atoms with van der Waals surface area (Å²) in [6.07, 6.45) is 1.29. The van der Waals surface area contributed by atoms with Gasteiger partial charge >= 0.3 is 0 Å². The first-order chi connectivity index (χ1) is 7.59. The Hall–Kier alpha value is -0.930. The third-order valence-corrected chi connectivity index (χ3v) is 3.44. The van der Waals surface area contributed by atoms with E-state index >= 15 is 0 Å². The lowest BCUT2D eigenvalue weighted by molar-refractivity contribution is 0.118. The molecule has 1 aromatic rings. The highest BCUT2D eigenvalue weighted by Crippen LogP contribution is 2.30. The van der Waals surface area contributed by atoms with Gasteiger partial charge in [-0.2, -0.15) is 0 Å². The lowest BCUT2D eigenvalue weighted by Gasteiger charge is -2.29. The molecule has 1 aromatic carbocycles. The van der Waals surface area contributed by atoms with E-state index in [1.165, 1.54) is 0 Å². The van der Waals surface area contributed by atoms with Gasteiger partial charge in [-0.25, -0.2) is 0 Å². The summed E-state index contributed by atoms with van der Waals surface area (Å²) in [7, 11) is 2.05. The fourth-order valence-corrected chi connectivity index (χ4v) is 2.43. The van der Waals surface area contributed by atoms with Crippen LogP contribution in [0.4, 0.5) is 11.4 Å². The van der Waals surface area contributed by atoms with Crippen LogP contribution >= 0.6 is 11.6 Å². The molecular weight excluding hydrogens is 224 g/mol. The van der Waals surface area contributed by atoms with E-state index in [2.05, 4.69) is 18.9 Å². The van der Waals surface area contributed by atoms with E-state index in [1.54, 1.807) is 6.07 Å². The second-order valence-corrected chi connectivity index (χ2v) is 4.68. The zero-order chi connectivity index (χ0) is 11.7. The maximum atomic E-state index is 5.97. The molecule has 2 rings (SSSR count). The number of nitrogens with zero attached hydrogens (tertiary/aromatic N) is 1. The van der Waals surface area contributed by atoms with Gasteiger partial charge in [-0.3, -0.25) is 0 Å². The summed E-state index contributed by atoms with van der Waals surface area (Å²) in [5.74, 6) is 0. The lowest BCUT2D eigenvalue weighted by atomic mass is 10.1. The number of benzene rings is 1. The van der Waals surface area contributed by atoms with Crippen LogP contribution in [0.25, 0.3) is 0 Å². The Balaban J connectivity index is 2.23. The van der Waals surface area contributed by atoms with Crippen LogP contribution in [0, 0.1) is 0 Å². The second-order valence-electron chi connectivity index (χ2n) is 4.25. The van der Waals surface area contributed by atoms with Gasteiger partial charge in [0.15, 0.2) is 0 Å². The van der Waals surface area contributed by atoms with Gasteiger partial charge in [0.2, 0.25) is 0 Å². The molecule has 1 saturated heterocycles. The van der Waals surface area contributed by atoms with E-state index in [9.17, 15) is 0 Å². The minimum Gasteiger partial charge on any atom is -0.397 e. The second kappa shape index (κ2) is 4.52. The third kappa shape index (κ3) is 2.11. The molecule has 4 heteroatoms. The maximum Gasteiger partial charge on any atom is 0.0750 e. The van der Waals surface area contributed by atoms with Crippen molar-refractivity contribution in [2.45, 2.75) is 25.5 Å². The number of nitrogen functional groups attached to an aromatic ring is 1. The molecule has 88 valence electrons. The van der Waals surface area contributed by atoms with Crippen molar-refractivity contribution < 1.29 is 4.74 Å². The van der Waals surface area contributed by atoms with Gasteiger partial charge in [0, 0.05) is 18.7 Å². The highest BCUT2D eigenvalue weighted by Gasteiger charge is 2.28. The standard InChI is InChI=1S/C12H17ClN2O/c1-8-11(5-6-16-8)15(2)12-4-3-9(13)7-10(12)14/h3-4,7-8,11H,5-6,14H2,1-2H3. The van der Waals surface area contributed by atoms with Crippen LogP contribution in [0.5, 0.6) is 0 Å². The van der Waals surface area contributed by atoms with Crippen molar-refractivity contribution in [3.63, 3.8) is 0 Å². The van der Waals surface area contributed by atoms with Gasteiger partial charge in [0.1, 0.15) is 0 Å². The van der Waals surface area contributed by atoms with Gasteiger partial charge in [-0.05, 0) is 31.5 Å². The van der Waals surface area contributed by atoms with Crippen LogP contribution in [-0.2, 0) is 4.74 Å². The minimum atomic E-state index is 0.250. The van der Waals surface area contributed by atoms with Crippen molar-refractivity contribution in [3.8, 4) is 0 Å². The van der Waals surface area contributed by atoms with E-state index in [1.807, 2.05) is 12.1 Å². The quantitative estimate of drug-likeness (QED) is 0.808. The normalized spacial score (nSPS) is 24.7. The van der Waals surface area contributed by atoms with Gasteiger partial charge in [-0.1, -0.05) is 11.6 Å². The number of anilines is 2. The molecule has 2 atom stereocenters. The molecule has 2 unspecified atom stereocenters. The summed E-state index contributed by atoms with van der Waals surface area (Å²) in [6.45, 7) is 2.92. The summed E-state index contributed by atoms with van der Waals surface area (Å²) in [5.41, 5.74) is 7.71. The fourth-order valence-electron chi connectivity index (χ4n) is 2.25. The first-order valence-corrected chi connectivity index (χ1v) is 5.87. The van der Waals surface area contributed by atoms with Gasteiger partial charge in [0.25, 0.3) is 0 Å². The number of hydrogen-bond acceptors (Lipinski definition) is 3. The van der Waals surface area contributed by atoms with E-state index in [0.29, 0.717) is 16.8 Å². The number of rotatable bonds is 2. The van der Waals surface area contributed by atoms with Gasteiger partial charge < -0.3 is 15.4 Å². The van der Waals surface area contributed by atoms with Crippen molar-refractivity contribution in [1.82, 2.24) is 0 Å². The minimum absolute atomic E-state index is 0.250. The number of ether oxygens (including phenoxy) is 1. The first-order valence-electron chi connectivity index (χ1n) is 5.49. The predicted molar refractivity (Wildman–Crippen MR) is 68.1 cm³/mol. The van der Waals surface area contributed by atoms with Crippen LogP contribution < -0.4 is 10.6 Å². The Bertz CT molecular complexity index is 383. The Morgan fingerprint density at radius 1 is 1.50 bits per heavy atom. The highest BCUT2D eigenvalue weighted by molar-refractivity contribution is 6.31. The summed E-state index contributed by atoms with van der Waals surface area (Å²) >= 11 is 5.89. The highest BCUT2D eigenvalue weighted by atomic mass is 35.5. The molecule has 1 aliphatic rings. The molecule has 2 N–H and O–H groups in total. The molecule has 1 heterocycles. The van der Waals surface area contributed by atoms with Crippen molar-refractivity contribution in [3.05, 3.63) is 23.2 Å². The Kier molecular flexibility index (Phi) is 3.26. The Labute approximate surface area is 101 Å². The van der Waals surface area contributed by atoms with E-state index in [-0.39, 0.29) is 6.10 Å². The zero-order valence-electron chi connectivity index (χ0n) is 9.61. The number of hydrogen-bond donors (Lipinski definition) is 1. The van der Waals surface area contributed by atoms with Crippen molar-refractivity contribution in [2.75, 3.05) is 24.3 Å². The van der Waals surface area contributed by atoms with E-state index in [0.717, 1.165) is 18.7 Å². The Morgan fingerprint density at radius 3 is 2.81 bits per heavy atom. The number of nitrogens with two attached hydrogens (primary N) is 1. The molecule has 16 heavy (non-hydrogen) atoms. The molecule has 1 fully saturated rings. The molecule has 0 spiro atoms. The molecule has 0 aliphatic carbocycles. The molecule has 0 bridgehead atoms. The number of halogens is 1. The van der Waals surface area contributed by atoms with Crippen LogP contribution in [0.15, 0.2) is 18.2 Å². The monoisotopic (exact) mass is 240 g/mol. The van der Waals surface area contributed by atoms with Crippen LogP contribution in [0.1, 0.15) is 13.3 Å².